The van der Waals surface area contributed by atoms with Crippen molar-refractivity contribution in [3.8, 4) is 0 Å². The lowest BCUT2D eigenvalue weighted by atomic mass is 9.78. The van der Waals surface area contributed by atoms with Gasteiger partial charge in [-0.1, -0.05) is 32.4 Å². The lowest BCUT2D eigenvalue weighted by Gasteiger charge is -2.39. The zero-order valence-corrected chi connectivity index (χ0v) is 13.5. The van der Waals surface area contributed by atoms with E-state index >= 15 is 0 Å². The smallest absolute Gasteiger partial charge is 0.175 e. The third-order valence-corrected chi connectivity index (χ3v) is 5.76. The van der Waals surface area contributed by atoms with Gasteiger partial charge in [-0.25, -0.2) is 8.42 Å². The molecule has 0 saturated carbocycles. The highest BCUT2D eigenvalue weighted by molar-refractivity contribution is 7.90. The summed E-state index contributed by atoms with van der Waals surface area (Å²) in [6.45, 7) is 7.70. The van der Waals surface area contributed by atoms with Crippen LogP contribution in [-0.2, 0) is 16.4 Å². The van der Waals surface area contributed by atoms with Gasteiger partial charge in [0.2, 0.25) is 0 Å². The molecule has 1 heterocycles. The van der Waals surface area contributed by atoms with Gasteiger partial charge in [-0.15, -0.1) is 0 Å². The van der Waals surface area contributed by atoms with E-state index in [0.29, 0.717) is 10.3 Å². The van der Waals surface area contributed by atoms with Gasteiger partial charge < -0.3 is 0 Å². The number of piperidine rings is 1. The van der Waals surface area contributed by atoms with Gasteiger partial charge in [0.1, 0.15) is 0 Å². The monoisotopic (exact) mass is 295 g/mol. The van der Waals surface area contributed by atoms with E-state index in [4.69, 9.17) is 0 Å². The average Bonchev–Trinajstić information content (AvgIpc) is 2.41. The molecule has 0 bridgehead atoms. The van der Waals surface area contributed by atoms with E-state index in [1.807, 2.05) is 18.2 Å². The second-order valence-electron chi connectivity index (χ2n) is 6.36. The van der Waals surface area contributed by atoms with Crippen LogP contribution in [0.5, 0.6) is 0 Å². The fraction of sp³-hybridized carbons (Fsp3) is 0.625. The molecular weight excluding hydrogens is 270 g/mol. The third kappa shape index (κ3) is 3.83. The molecule has 0 radical (unpaired) electrons. The number of sulfone groups is 1. The molecule has 0 spiro atoms. The van der Waals surface area contributed by atoms with Crippen LogP contribution in [0.25, 0.3) is 0 Å². The van der Waals surface area contributed by atoms with Crippen molar-refractivity contribution >= 4 is 9.84 Å². The minimum Gasteiger partial charge on any atom is -0.299 e. The molecule has 0 unspecified atom stereocenters. The highest BCUT2D eigenvalue weighted by Crippen LogP contribution is 2.34. The average molecular weight is 295 g/mol. The van der Waals surface area contributed by atoms with Crippen molar-refractivity contribution in [1.29, 1.82) is 0 Å². The van der Waals surface area contributed by atoms with E-state index < -0.39 is 9.84 Å². The number of hydrogen-bond acceptors (Lipinski definition) is 3. The quantitative estimate of drug-likeness (QED) is 0.856. The summed E-state index contributed by atoms with van der Waals surface area (Å²) in [5.41, 5.74) is 1.58. The van der Waals surface area contributed by atoms with Crippen molar-refractivity contribution in [2.75, 3.05) is 19.3 Å². The fourth-order valence-electron chi connectivity index (χ4n) is 2.74. The van der Waals surface area contributed by atoms with Crippen LogP contribution in [0.15, 0.2) is 29.2 Å². The van der Waals surface area contributed by atoms with Crippen molar-refractivity contribution in [2.45, 2.75) is 44.6 Å². The van der Waals surface area contributed by atoms with Gasteiger partial charge in [-0.2, -0.15) is 0 Å². The fourth-order valence-corrected chi connectivity index (χ4v) is 3.43. The molecule has 0 amide bonds. The molecule has 3 nitrogen and oxygen atoms in total. The second kappa shape index (κ2) is 5.86. The maximum absolute atomic E-state index is 11.6. The number of likely N-dealkylation sites (tertiary alicyclic amines) is 1. The molecule has 0 atom stereocenters. The van der Waals surface area contributed by atoms with Crippen molar-refractivity contribution in [3.63, 3.8) is 0 Å². The molecule has 1 aromatic carbocycles. The van der Waals surface area contributed by atoms with Gasteiger partial charge in [0.25, 0.3) is 0 Å². The molecule has 1 aliphatic rings. The summed E-state index contributed by atoms with van der Waals surface area (Å²) < 4.78 is 23.2. The van der Waals surface area contributed by atoms with E-state index in [0.717, 1.165) is 25.2 Å². The Hall–Kier alpha value is -0.870. The lowest BCUT2D eigenvalue weighted by molar-refractivity contribution is 0.109. The van der Waals surface area contributed by atoms with Crippen LogP contribution in [-0.4, -0.2) is 32.7 Å². The van der Waals surface area contributed by atoms with Crippen molar-refractivity contribution in [3.05, 3.63) is 29.8 Å². The van der Waals surface area contributed by atoms with E-state index in [-0.39, 0.29) is 0 Å². The van der Waals surface area contributed by atoms with Gasteiger partial charge in [-0.05, 0) is 49.0 Å². The normalized spacial score (nSPS) is 19.9. The van der Waals surface area contributed by atoms with Crippen molar-refractivity contribution < 1.29 is 8.42 Å². The summed E-state index contributed by atoms with van der Waals surface area (Å²) in [5.74, 6) is 0. The molecule has 0 aromatic heterocycles. The number of hydrogen-bond donors (Lipinski definition) is 0. The topological polar surface area (TPSA) is 37.4 Å². The Morgan fingerprint density at radius 2 is 1.90 bits per heavy atom. The Bertz CT molecular complexity index is 558. The van der Waals surface area contributed by atoms with Gasteiger partial charge in [-0.3, -0.25) is 4.90 Å². The van der Waals surface area contributed by atoms with Crippen molar-refractivity contribution in [1.82, 2.24) is 4.90 Å². The molecule has 0 N–H and O–H groups in total. The molecule has 1 fully saturated rings. The Labute approximate surface area is 122 Å². The summed E-state index contributed by atoms with van der Waals surface area (Å²) in [6, 6.07) is 7.33. The Morgan fingerprint density at radius 3 is 2.45 bits per heavy atom. The predicted molar refractivity (Wildman–Crippen MR) is 82.5 cm³/mol. The third-order valence-electron chi connectivity index (χ3n) is 4.65. The molecular formula is C16H25NO2S. The second-order valence-corrected chi connectivity index (χ2v) is 8.38. The van der Waals surface area contributed by atoms with Gasteiger partial charge >= 0.3 is 0 Å². The summed E-state index contributed by atoms with van der Waals surface area (Å²) in [7, 11) is -3.11. The molecule has 2 rings (SSSR count). The highest BCUT2D eigenvalue weighted by atomic mass is 32.2. The van der Waals surface area contributed by atoms with Gasteiger partial charge in [0.05, 0.1) is 4.90 Å². The van der Waals surface area contributed by atoms with Gasteiger partial charge in [0, 0.05) is 12.8 Å². The van der Waals surface area contributed by atoms with E-state index in [1.165, 1.54) is 25.5 Å². The Morgan fingerprint density at radius 1 is 1.25 bits per heavy atom. The molecule has 1 saturated heterocycles. The van der Waals surface area contributed by atoms with Crippen LogP contribution in [0.4, 0.5) is 0 Å². The summed E-state index contributed by atoms with van der Waals surface area (Å²) in [4.78, 5) is 2.85. The van der Waals surface area contributed by atoms with Crippen LogP contribution in [0.2, 0.25) is 0 Å². The molecule has 0 aliphatic carbocycles. The predicted octanol–water partition coefficient (Wildman–Crippen LogP) is 3.10. The summed E-state index contributed by atoms with van der Waals surface area (Å²) in [6.07, 6.45) is 4.97. The van der Waals surface area contributed by atoms with E-state index in [2.05, 4.69) is 18.7 Å². The van der Waals surface area contributed by atoms with Crippen LogP contribution in [0, 0.1) is 5.41 Å². The maximum atomic E-state index is 11.6. The standard InChI is InChI=1S/C16H25NO2S/c1-4-16(2)8-10-17(11-9-16)13-14-6-5-7-15(12-14)20(3,18)19/h5-7,12H,4,8-11,13H2,1-3H3. The summed E-state index contributed by atoms with van der Waals surface area (Å²) in [5, 5.41) is 0. The highest BCUT2D eigenvalue weighted by Gasteiger charge is 2.28. The van der Waals surface area contributed by atoms with Gasteiger partial charge in [0.15, 0.2) is 9.84 Å². The van der Waals surface area contributed by atoms with Crippen LogP contribution in [0.1, 0.15) is 38.7 Å². The zero-order valence-electron chi connectivity index (χ0n) is 12.7. The SMILES string of the molecule is CCC1(C)CCN(Cc2cccc(S(C)(=O)=O)c2)CC1. The number of rotatable bonds is 4. The largest absolute Gasteiger partial charge is 0.299 e. The van der Waals surface area contributed by atoms with Crippen molar-refractivity contribution in [2.24, 2.45) is 5.41 Å². The van der Waals surface area contributed by atoms with Crippen LogP contribution in [0.3, 0.4) is 0 Å². The Kier molecular flexibility index (Phi) is 4.55. The lowest BCUT2D eigenvalue weighted by Crippen LogP contribution is -2.37. The first kappa shape index (κ1) is 15.5. The molecule has 4 heteroatoms. The zero-order chi connectivity index (χ0) is 14.8. The Balaban J connectivity index is 2.02. The maximum Gasteiger partial charge on any atom is 0.175 e. The first-order valence-electron chi connectivity index (χ1n) is 7.34. The van der Waals surface area contributed by atoms with Crippen LogP contribution < -0.4 is 0 Å². The van der Waals surface area contributed by atoms with E-state index in [1.54, 1.807) is 6.07 Å². The molecule has 1 aromatic rings. The minimum atomic E-state index is -3.11. The molecule has 20 heavy (non-hydrogen) atoms. The first-order chi connectivity index (χ1) is 9.32. The van der Waals surface area contributed by atoms with E-state index in [9.17, 15) is 8.42 Å². The number of nitrogens with zero attached hydrogens (tertiary/aromatic N) is 1. The minimum absolute atomic E-state index is 0.422. The molecule has 1 aliphatic heterocycles. The summed E-state index contributed by atoms with van der Waals surface area (Å²) >= 11 is 0. The number of benzene rings is 1. The van der Waals surface area contributed by atoms with Crippen LogP contribution >= 0.6 is 0 Å². The first-order valence-corrected chi connectivity index (χ1v) is 9.23. The molecule has 112 valence electrons.